The van der Waals surface area contributed by atoms with E-state index in [2.05, 4.69) is 4.90 Å². The Hall–Kier alpha value is 0.830. The fourth-order valence-corrected chi connectivity index (χ4v) is 1.77. The molecule has 1 saturated heterocycles. The summed E-state index contributed by atoms with van der Waals surface area (Å²) in [5, 5.41) is 0. The van der Waals surface area contributed by atoms with Crippen molar-refractivity contribution in [3.63, 3.8) is 0 Å². The SMILES string of the molecule is O=S(=O)([O-])CCCN1CCOCC1.[Na+]. The van der Waals surface area contributed by atoms with E-state index in [0.717, 1.165) is 13.1 Å². The summed E-state index contributed by atoms with van der Waals surface area (Å²) in [6, 6.07) is 0. The van der Waals surface area contributed by atoms with Crippen LogP contribution in [-0.2, 0) is 14.9 Å². The zero-order valence-corrected chi connectivity index (χ0v) is 11.3. The third-order valence-electron chi connectivity index (χ3n) is 1.97. The summed E-state index contributed by atoms with van der Waals surface area (Å²) in [5.41, 5.74) is 0. The number of hydrogen-bond donors (Lipinski definition) is 0. The molecule has 1 aliphatic rings. The summed E-state index contributed by atoms with van der Waals surface area (Å²) in [6.07, 6.45) is 0.422. The molecule has 0 aromatic heterocycles. The van der Waals surface area contributed by atoms with Gasteiger partial charge in [0.25, 0.3) is 0 Å². The normalized spacial score (nSPS) is 18.9. The van der Waals surface area contributed by atoms with Gasteiger partial charge in [-0.05, 0) is 13.0 Å². The van der Waals surface area contributed by atoms with Crippen molar-refractivity contribution in [2.24, 2.45) is 0 Å². The smallest absolute Gasteiger partial charge is 0.748 e. The van der Waals surface area contributed by atoms with Crippen LogP contribution in [0.25, 0.3) is 0 Å². The molecule has 0 aliphatic carbocycles. The minimum absolute atomic E-state index is 0. The van der Waals surface area contributed by atoms with Crippen LogP contribution in [0.3, 0.4) is 0 Å². The maximum Gasteiger partial charge on any atom is 1.00 e. The minimum atomic E-state index is -4.03. The summed E-state index contributed by atoms with van der Waals surface area (Å²) >= 11 is 0. The molecule has 0 bridgehead atoms. The second-order valence-corrected chi connectivity index (χ2v) is 4.59. The van der Waals surface area contributed by atoms with Crippen molar-refractivity contribution in [1.82, 2.24) is 4.90 Å². The molecule has 0 aromatic carbocycles. The summed E-state index contributed by atoms with van der Waals surface area (Å²) in [7, 11) is -4.03. The predicted octanol–water partition coefficient (Wildman–Crippen LogP) is -3.74. The number of ether oxygens (including phenoxy) is 1. The van der Waals surface area contributed by atoms with E-state index in [9.17, 15) is 13.0 Å². The molecule has 1 rings (SSSR count). The molecule has 0 radical (unpaired) electrons. The number of morpholine rings is 1. The van der Waals surface area contributed by atoms with Gasteiger partial charge in [-0.1, -0.05) is 0 Å². The van der Waals surface area contributed by atoms with E-state index < -0.39 is 10.1 Å². The van der Waals surface area contributed by atoms with Crippen molar-refractivity contribution >= 4 is 10.1 Å². The fraction of sp³-hybridized carbons (Fsp3) is 1.00. The van der Waals surface area contributed by atoms with Crippen molar-refractivity contribution in [2.75, 3.05) is 38.6 Å². The molecule has 0 aromatic rings. The molecule has 0 spiro atoms. The third-order valence-corrected chi connectivity index (χ3v) is 2.76. The molecule has 7 heteroatoms. The van der Waals surface area contributed by atoms with Crippen LogP contribution in [0.4, 0.5) is 0 Å². The van der Waals surface area contributed by atoms with E-state index in [-0.39, 0.29) is 35.3 Å². The molecule has 0 atom stereocenters. The van der Waals surface area contributed by atoms with E-state index in [1.807, 2.05) is 0 Å². The summed E-state index contributed by atoms with van der Waals surface area (Å²) < 4.78 is 35.9. The van der Waals surface area contributed by atoms with Crippen molar-refractivity contribution in [1.29, 1.82) is 0 Å². The summed E-state index contributed by atoms with van der Waals surface area (Å²) in [4.78, 5) is 2.11. The molecular formula is C7H14NNaO4S. The first-order chi connectivity index (χ1) is 6.08. The van der Waals surface area contributed by atoms with Gasteiger partial charge in [0, 0.05) is 18.8 Å². The first-order valence-electron chi connectivity index (χ1n) is 4.31. The van der Waals surface area contributed by atoms with Gasteiger partial charge in [-0.2, -0.15) is 0 Å². The third kappa shape index (κ3) is 7.17. The first kappa shape index (κ1) is 14.8. The Morgan fingerprint density at radius 3 is 2.36 bits per heavy atom. The quantitative estimate of drug-likeness (QED) is 0.367. The molecule has 0 saturated carbocycles. The van der Waals surface area contributed by atoms with E-state index >= 15 is 0 Å². The Morgan fingerprint density at radius 1 is 1.29 bits per heavy atom. The van der Waals surface area contributed by atoms with Crippen molar-refractivity contribution < 1.29 is 47.3 Å². The average Bonchev–Trinajstić information content (AvgIpc) is 2.04. The van der Waals surface area contributed by atoms with Crippen molar-refractivity contribution in [3.8, 4) is 0 Å². The van der Waals surface area contributed by atoms with Crippen LogP contribution in [0.15, 0.2) is 0 Å². The van der Waals surface area contributed by atoms with Gasteiger partial charge in [0.15, 0.2) is 0 Å². The van der Waals surface area contributed by atoms with Crippen LogP contribution in [0, 0.1) is 0 Å². The van der Waals surface area contributed by atoms with Gasteiger partial charge in [0.05, 0.1) is 23.3 Å². The van der Waals surface area contributed by atoms with Crippen LogP contribution < -0.4 is 29.6 Å². The molecule has 1 aliphatic heterocycles. The van der Waals surface area contributed by atoms with Gasteiger partial charge in [-0.15, -0.1) is 0 Å². The largest absolute Gasteiger partial charge is 1.00 e. The van der Waals surface area contributed by atoms with Crippen LogP contribution in [0.1, 0.15) is 6.42 Å². The Kier molecular flexibility index (Phi) is 7.59. The predicted molar refractivity (Wildman–Crippen MR) is 46.4 cm³/mol. The summed E-state index contributed by atoms with van der Waals surface area (Å²) in [5.74, 6) is -0.260. The van der Waals surface area contributed by atoms with Crippen molar-refractivity contribution in [3.05, 3.63) is 0 Å². The molecule has 1 heterocycles. The van der Waals surface area contributed by atoms with Crippen LogP contribution in [-0.4, -0.2) is 56.5 Å². The Morgan fingerprint density at radius 2 is 1.86 bits per heavy atom. The summed E-state index contributed by atoms with van der Waals surface area (Å²) in [6.45, 7) is 3.73. The molecule has 1 fully saturated rings. The number of rotatable bonds is 4. The van der Waals surface area contributed by atoms with Gasteiger partial charge in [-0.25, -0.2) is 8.42 Å². The second kappa shape index (κ2) is 7.16. The maximum absolute atomic E-state index is 10.3. The first-order valence-corrected chi connectivity index (χ1v) is 5.89. The Balaban J connectivity index is 0.00000169. The van der Waals surface area contributed by atoms with Crippen LogP contribution >= 0.6 is 0 Å². The minimum Gasteiger partial charge on any atom is -0.748 e. The molecule has 5 nitrogen and oxygen atoms in total. The molecule has 0 unspecified atom stereocenters. The van der Waals surface area contributed by atoms with Gasteiger partial charge in [-0.3, -0.25) is 4.90 Å². The standard InChI is InChI=1S/C7H15NO4S.Na/c9-13(10,11)7-1-2-8-3-5-12-6-4-8;/h1-7H2,(H,9,10,11);/q;+1/p-1. The van der Waals surface area contributed by atoms with E-state index in [1.165, 1.54) is 0 Å². The number of nitrogens with zero attached hydrogens (tertiary/aromatic N) is 1. The Labute approximate surface area is 107 Å². The van der Waals surface area contributed by atoms with E-state index in [4.69, 9.17) is 4.74 Å². The van der Waals surface area contributed by atoms with Gasteiger partial charge < -0.3 is 9.29 Å². The zero-order chi connectivity index (χ0) is 9.73. The molecule has 0 N–H and O–H groups in total. The molecule has 0 amide bonds. The molecule has 14 heavy (non-hydrogen) atoms. The maximum atomic E-state index is 10.3. The van der Waals surface area contributed by atoms with E-state index in [1.54, 1.807) is 0 Å². The monoisotopic (exact) mass is 231 g/mol. The topological polar surface area (TPSA) is 69.7 Å². The molecule has 78 valence electrons. The van der Waals surface area contributed by atoms with Gasteiger partial charge in [0.1, 0.15) is 0 Å². The van der Waals surface area contributed by atoms with Gasteiger partial charge >= 0.3 is 29.6 Å². The second-order valence-electron chi connectivity index (χ2n) is 3.07. The Bertz CT molecular complexity index is 238. The molecular weight excluding hydrogens is 217 g/mol. The van der Waals surface area contributed by atoms with Crippen LogP contribution in [0.5, 0.6) is 0 Å². The average molecular weight is 231 g/mol. The zero-order valence-electron chi connectivity index (χ0n) is 8.44. The van der Waals surface area contributed by atoms with Crippen molar-refractivity contribution in [2.45, 2.75) is 6.42 Å². The van der Waals surface area contributed by atoms with Gasteiger partial charge in [0.2, 0.25) is 0 Å². The number of hydrogen-bond acceptors (Lipinski definition) is 5. The van der Waals surface area contributed by atoms with E-state index in [0.29, 0.717) is 26.2 Å². The fourth-order valence-electron chi connectivity index (χ4n) is 1.29. The van der Waals surface area contributed by atoms with Crippen LogP contribution in [0.2, 0.25) is 0 Å².